The topological polar surface area (TPSA) is 139 Å². The number of quaternary nitrogens is 2. The number of aromatic hydroxyl groups is 2. The minimum absolute atomic E-state index is 0.0808. The molecule has 0 bridgehead atoms. The number of hydrogen-bond acceptors (Lipinski definition) is 8. The first-order chi connectivity index (χ1) is 15.2. The smallest absolute Gasteiger partial charge is 0.200 e. The van der Waals surface area contributed by atoms with E-state index in [1.165, 1.54) is 12.1 Å². The molecule has 0 unspecified atom stereocenters. The Morgan fingerprint density at radius 3 is 1.73 bits per heavy atom. The Morgan fingerprint density at radius 1 is 0.788 bits per heavy atom. The molecule has 0 radical (unpaired) electrons. The first kappa shape index (κ1) is 25.2. The number of likely N-dealkylation sites (N-methyl/N-ethyl adjacent to an activating group) is 2. The lowest BCUT2D eigenvalue weighted by Crippen LogP contribution is -2.40. The van der Waals surface area contributed by atoms with E-state index < -0.39 is 23.1 Å². The third kappa shape index (κ3) is 5.38. The van der Waals surface area contributed by atoms with Crippen molar-refractivity contribution in [3.63, 3.8) is 0 Å². The monoisotopic (exact) mass is 572 g/mol. The molecule has 178 valence electrons. The van der Waals surface area contributed by atoms with Crippen LogP contribution in [-0.4, -0.2) is 95.9 Å². The molecule has 11 heteroatoms. The summed E-state index contributed by atoms with van der Waals surface area (Å²) in [4.78, 5) is 27.1. The molecule has 0 atom stereocenters. The number of carbonyl (C=O) groups is 2. The molecule has 1 aliphatic carbocycles. The number of hydrogen-bond donors (Lipinski definition) is 6. The lowest BCUT2D eigenvalue weighted by atomic mass is 9.81. The lowest BCUT2D eigenvalue weighted by Gasteiger charge is -2.27. The largest absolute Gasteiger partial charge is 0.507 e. The fourth-order valence-corrected chi connectivity index (χ4v) is 4.41. The van der Waals surface area contributed by atoms with Gasteiger partial charge in [-0.3, -0.25) is 9.59 Å². The fourth-order valence-electron chi connectivity index (χ4n) is 3.63. The summed E-state index contributed by atoms with van der Waals surface area (Å²) in [5.74, 6) is -1.96. The average molecular weight is 572 g/mol. The molecule has 2 aromatic rings. The van der Waals surface area contributed by atoms with Gasteiger partial charge in [-0.2, -0.15) is 9.29 Å². The van der Waals surface area contributed by atoms with Crippen LogP contribution in [0.5, 0.6) is 11.5 Å². The summed E-state index contributed by atoms with van der Waals surface area (Å²) in [6.07, 6.45) is 0. The third-order valence-electron chi connectivity index (χ3n) is 5.28. The number of nitrogens with zero attached hydrogens (tertiary/aromatic N) is 2. The molecular formula is C22H29IN4O6+2. The normalized spacial score (nSPS) is 13.5. The predicted octanol–water partition coefficient (Wildman–Crippen LogP) is 2.23. The Labute approximate surface area is 205 Å². The highest BCUT2D eigenvalue weighted by atomic mass is 127. The predicted molar refractivity (Wildman–Crippen MR) is 130 cm³/mol. The van der Waals surface area contributed by atoms with Gasteiger partial charge in [0.15, 0.2) is 0 Å². The number of halogens is 1. The fraction of sp³-hybridized carbons (Fsp3) is 0.364. The number of rotatable bonds is 8. The number of fused-ring (bicyclic) bond motifs is 2. The van der Waals surface area contributed by atoms with Gasteiger partial charge >= 0.3 is 0 Å². The van der Waals surface area contributed by atoms with Crippen LogP contribution >= 0.6 is 22.6 Å². The molecule has 0 saturated carbocycles. The summed E-state index contributed by atoms with van der Waals surface area (Å²) in [5, 5.41) is 46.9. The van der Waals surface area contributed by atoms with E-state index in [2.05, 4.69) is 33.2 Å². The van der Waals surface area contributed by atoms with Gasteiger partial charge in [0, 0.05) is 9.26 Å². The van der Waals surface area contributed by atoms with Crippen LogP contribution in [0.1, 0.15) is 31.8 Å². The molecule has 0 aliphatic heterocycles. The molecule has 33 heavy (non-hydrogen) atoms. The third-order valence-corrected chi connectivity index (χ3v) is 6.13. The van der Waals surface area contributed by atoms with Crippen LogP contribution in [0.25, 0.3) is 0 Å². The lowest BCUT2D eigenvalue weighted by molar-refractivity contribution is -1.07. The number of ketones is 2. The average Bonchev–Trinajstić information content (AvgIpc) is 2.67. The second kappa shape index (κ2) is 9.06. The molecule has 0 spiro atoms. The van der Waals surface area contributed by atoms with Crippen molar-refractivity contribution in [2.45, 2.75) is 0 Å². The van der Waals surface area contributed by atoms with Crippen molar-refractivity contribution in [2.75, 3.05) is 65.0 Å². The van der Waals surface area contributed by atoms with E-state index in [0.717, 1.165) is 0 Å². The van der Waals surface area contributed by atoms with Gasteiger partial charge in [-0.15, -0.1) is 0 Å². The van der Waals surface area contributed by atoms with E-state index in [1.807, 2.05) is 0 Å². The molecule has 0 amide bonds. The van der Waals surface area contributed by atoms with Gasteiger partial charge in [-0.1, -0.05) is 0 Å². The molecule has 6 N–H and O–H groups in total. The van der Waals surface area contributed by atoms with Gasteiger partial charge in [0.2, 0.25) is 11.6 Å². The number of hydroxylamine groups is 6. The number of anilines is 2. The first-order valence-corrected chi connectivity index (χ1v) is 11.4. The van der Waals surface area contributed by atoms with Crippen molar-refractivity contribution in [1.29, 1.82) is 0 Å². The summed E-state index contributed by atoms with van der Waals surface area (Å²) in [6.45, 7) is 1.29. The molecule has 0 fully saturated rings. The maximum absolute atomic E-state index is 13.6. The van der Waals surface area contributed by atoms with E-state index in [9.17, 15) is 30.2 Å². The number of phenolic OH excluding ortho intramolecular Hbond substituents is 2. The van der Waals surface area contributed by atoms with Crippen molar-refractivity contribution in [3.05, 3.63) is 44.0 Å². The van der Waals surface area contributed by atoms with Crippen molar-refractivity contribution in [3.8, 4) is 11.5 Å². The summed E-state index contributed by atoms with van der Waals surface area (Å²) < 4.78 is 0.0790. The van der Waals surface area contributed by atoms with Crippen molar-refractivity contribution < 1.29 is 39.5 Å². The Hall–Kier alpha value is -2.45. The van der Waals surface area contributed by atoms with Crippen LogP contribution in [0.2, 0.25) is 0 Å². The highest BCUT2D eigenvalue weighted by Gasteiger charge is 2.39. The molecule has 1 aliphatic rings. The summed E-state index contributed by atoms with van der Waals surface area (Å²) in [6, 6.07) is 4.07. The van der Waals surface area contributed by atoms with Crippen molar-refractivity contribution in [2.24, 2.45) is 0 Å². The molecule has 0 aromatic heterocycles. The number of nitrogens with one attached hydrogen (secondary N) is 2. The first-order valence-electron chi connectivity index (χ1n) is 10.3. The zero-order chi connectivity index (χ0) is 24.7. The van der Waals surface area contributed by atoms with Gasteiger partial charge in [0.25, 0.3) is 0 Å². The number of carbonyl (C=O) groups excluding carboxylic acids is 2. The van der Waals surface area contributed by atoms with Gasteiger partial charge in [-0.25, -0.2) is 10.4 Å². The molecule has 0 saturated heterocycles. The van der Waals surface area contributed by atoms with E-state index in [4.69, 9.17) is 0 Å². The minimum Gasteiger partial charge on any atom is -0.507 e. The van der Waals surface area contributed by atoms with Gasteiger partial charge in [0.1, 0.15) is 24.6 Å². The molecule has 2 aromatic carbocycles. The van der Waals surface area contributed by atoms with Crippen LogP contribution in [0.15, 0.2) is 18.2 Å². The standard InChI is InChI=1S/C22H27IN4O6/c1-26(2,32)9-7-24-13-11-12(23)20(25-8-10-27(3,4)33)19-16(13)21(30)17-14(28)5-6-15(29)18(17)22(19)31/h5-6,11,32-33H,7-10H2,1-4H3,(H2-2,24,25,28,29,30,31)/p+2. The van der Waals surface area contributed by atoms with Crippen LogP contribution in [-0.2, 0) is 0 Å². The molecule has 0 heterocycles. The molecule has 3 rings (SSSR count). The zero-order valence-electron chi connectivity index (χ0n) is 18.9. The quantitative estimate of drug-likeness (QED) is 0.105. The SMILES string of the molecule is C[N+](C)(O)CCNc1cc(I)c(NCC[N+](C)(C)O)c2c1C(=O)c1c(O)ccc(O)c1C2=O. The Balaban J connectivity index is 2.15. The van der Waals surface area contributed by atoms with Crippen molar-refractivity contribution in [1.82, 2.24) is 0 Å². The number of benzene rings is 2. The van der Waals surface area contributed by atoms with Gasteiger partial charge in [-0.05, 0) is 40.8 Å². The van der Waals surface area contributed by atoms with Crippen LogP contribution in [0.4, 0.5) is 11.4 Å². The maximum Gasteiger partial charge on any atom is 0.200 e. The second-order valence-electron chi connectivity index (χ2n) is 9.09. The van der Waals surface area contributed by atoms with E-state index in [-0.39, 0.29) is 31.5 Å². The summed E-state index contributed by atoms with van der Waals surface area (Å²) in [5.41, 5.74) is 0.484. The maximum atomic E-state index is 13.6. The highest BCUT2D eigenvalue weighted by molar-refractivity contribution is 14.1. The molecular weight excluding hydrogens is 543 g/mol. The Morgan fingerprint density at radius 2 is 1.24 bits per heavy atom. The summed E-state index contributed by atoms with van der Waals surface area (Å²) in [7, 11) is 6.45. The Bertz CT molecular complexity index is 1120. The van der Waals surface area contributed by atoms with E-state index in [1.54, 1.807) is 34.3 Å². The molecule has 10 nitrogen and oxygen atoms in total. The summed E-state index contributed by atoms with van der Waals surface area (Å²) >= 11 is 2.05. The van der Waals surface area contributed by atoms with E-state index in [0.29, 0.717) is 41.1 Å². The van der Waals surface area contributed by atoms with Crippen molar-refractivity contribution >= 4 is 45.5 Å². The highest BCUT2D eigenvalue weighted by Crippen LogP contribution is 2.43. The Kier molecular flexibility index (Phi) is 6.92. The van der Waals surface area contributed by atoms with Gasteiger partial charge < -0.3 is 20.8 Å². The van der Waals surface area contributed by atoms with E-state index >= 15 is 0 Å². The number of phenols is 2. The minimum atomic E-state index is -0.592. The zero-order valence-corrected chi connectivity index (χ0v) is 21.1. The van der Waals surface area contributed by atoms with Gasteiger partial charge in [0.05, 0.1) is 69.2 Å². The van der Waals surface area contributed by atoms with Crippen LogP contribution in [0, 0.1) is 3.57 Å². The van der Waals surface area contributed by atoms with Crippen LogP contribution < -0.4 is 10.6 Å². The second-order valence-corrected chi connectivity index (χ2v) is 10.2. The van der Waals surface area contributed by atoms with Crippen LogP contribution in [0.3, 0.4) is 0 Å².